The Balaban J connectivity index is 2.32. The lowest BCUT2D eigenvalue weighted by Crippen LogP contribution is -2.48. The summed E-state index contributed by atoms with van der Waals surface area (Å²) in [6, 6.07) is 2.87. The molecule has 0 radical (unpaired) electrons. The smallest absolute Gasteiger partial charge is 0.253 e. The molecule has 7 heteroatoms. The minimum Gasteiger partial charge on any atom is -0.368 e. The van der Waals surface area contributed by atoms with Crippen molar-refractivity contribution in [2.24, 2.45) is 11.7 Å². The Kier molecular flexibility index (Phi) is 5.11. The van der Waals surface area contributed by atoms with Gasteiger partial charge >= 0.3 is 0 Å². The Labute approximate surface area is 141 Å². The first-order valence-corrected chi connectivity index (χ1v) is 7.99. The van der Waals surface area contributed by atoms with Crippen LogP contribution in [0.3, 0.4) is 0 Å². The van der Waals surface area contributed by atoms with E-state index in [0.717, 1.165) is 17.8 Å². The lowest BCUT2D eigenvalue weighted by atomic mass is 9.98. The zero-order chi connectivity index (χ0) is 18.0. The summed E-state index contributed by atoms with van der Waals surface area (Å²) >= 11 is 0. The summed E-state index contributed by atoms with van der Waals surface area (Å²) in [7, 11) is 0. The fraction of sp³-hybridized carbons (Fsp3) is 0.471. The molecule has 130 valence electrons. The van der Waals surface area contributed by atoms with Crippen LogP contribution in [0.25, 0.3) is 5.82 Å². The van der Waals surface area contributed by atoms with E-state index in [1.807, 2.05) is 39.2 Å². The molecule has 2 aromatic rings. The number of aromatic nitrogens is 2. The molecule has 2 atom stereocenters. The molecule has 7 nitrogen and oxygen atoms in total. The predicted molar refractivity (Wildman–Crippen MR) is 89.9 cm³/mol. The number of nitrogens with two attached hydrogens (primary N) is 1. The first-order valence-electron chi connectivity index (χ1n) is 7.99. The van der Waals surface area contributed by atoms with Crippen LogP contribution in [0.1, 0.15) is 47.8 Å². The standard InChI is InChI=1S/C17H24N4O3/c1-6-9(2)15(16(18)22)19-17(23)13-7-10(3)21(12(13)5)14-8-11(4)24-20-14/h7-9,15H,6H2,1-5H3,(H2,18,22)(H,19,23). The fourth-order valence-electron chi connectivity index (χ4n) is 2.75. The Morgan fingerprint density at radius 1 is 1.33 bits per heavy atom. The van der Waals surface area contributed by atoms with E-state index in [4.69, 9.17) is 10.3 Å². The maximum absolute atomic E-state index is 12.6. The van der Waals surface area contributed by atoms with Crippen molar-refractivity contribution in [3.63, 3.8) is 0 Å². The van der Waals surface area contributed by atoms with E-state index in [1.165, 1.54) is 0 Å². The highest BCUT2D eigenvalue weighted by Crippen LogP contribution is 2.21. The predicted octanol–water partition coefficient (Wildman–Crippen LogP) is 2.02. The van der Waals surface area contributed by atoms with Gasteiger partial charge in [-0.3, -0.25) is 14.2 Å². The third-order valence-electron chi connectivity index (χ3n) is 4.33. The lowest BCUT2D eigenvalue weighted by molar-refractivity contribution is -0.120. The summed E-state index contributed by atoms with van der Waals surface area (Å²) in [5, 5.41) is 6.74. The molecular weight excluding hydrogens is 308 g/mol. The number of aryl methyl sites for hydroxylation is 2. The quantitative estimate of drug-likeness (QED) is 0.844. The number of nitrogens with zero attached hydrogens (tertiary/aromatic N) is 2. The monoisotopic (exact) mass is 332 g/mol. The van der Waals surface area contributed by atoms with Crippen LogP contribution in [0.2, 0.25) is 0 Å². The first-order chi connectivity index (χ1) is 11.3. The Hall–Kier alpha value is -2.57. The highest BCUT2D eigenvalue weighted by Gasteiger charge is 2.26. The molecule has 0 bridgehead atoms. The zero-order valence-electron chi connectivity index (χ0n) is 14.7. The minimum atomic E-state index is -0.695. The van der Waals surface area contributed by atoms with Gasteiger partial charge in [0, 0.05) is 17.5 Å². The van der Waals surface area contributed by atoms with Gasteiger partial charge in [0.15, 0.2) is 5.82 Å². The molecule has 24 heavy (non-hydrogen) atoms. The molecule has 2 amide bonds. The molecule has 2 unspecified atom stereocenters. The van der Waals surface area contributed by atoms with Crippen LogP contribution < -0.4 is 11.1 Å². The molecule has 0 aromatic carbocycles. The van der Waals surface area contributed by atoms with Gasteiger partial charge in [0.25, 0.3) is 5.91 Å². The largest absolute Gasteiger partial charge is 0.368 e. The molecule has 0 fully saturated rings. The first kappa shape index (κ1) is 17.8. The topological polar surface area (TPSA) is 103 Å². The summed E-state index contributed by atoms with van der Waals surface area (Å²) < 4.78 is 6.95. The number of primary amides is 1. The van der Waals surface area contributed by atoms with Crippen molar-refractivity contribution in [1.82, 2.24) is 15.0 Å². The molecule has 0 aliphatic heterocycles. The summed E-state index contributed by atoms with van der Waals surface area (Å²) in [4.78, 5) is 24.3. The number of nitrogens with one attached hydrogen (secondary N) is 1. The van der Waals surface area contributed by atoms with Gasteiger partial charge in [-0.1, -0.05) is 25.4 Å². The Morgan fingerprint density at radius 2 is 2.00 bits per heavy atom. The van der Waals surface area contributed by atoms with E-state index < -0.39 is 11.9 Å². The van der Waals surface area contributed by atoms with Crippen LogP contribution in [0.15, 0.2) is 16.7 Å². The molecule has 2 aromatic heterocycles. The molecule has 0 saturated carbocycles. The van der Waals surface area contributed by atoms with Gasteiger partial charge in [-0.05, 0) is 32.8 Å². The highest BCUT2D eigenvalue weighted by molar-refractivity contribution is 5.98. The van der Waals surface area contributed by atoms with Crippen LogP contribution >= 0.6 is 0 Å². The molecule has 2 rings (SSSR count). The van der Waals surface area contributed by atoms with Crippen LogP contribution in [-0.4, -0.2) is 27.6 Å². The van der Waals surface area contributed by atoms with Gasteiger partial charge in [0.05, 0.1) is 5.56 Å². The zero-order valence-corrected chi connectivity index (χ0v) is 14.7. The average molecular weight is 332 g/mol. The van der Waals surface area contributed by atoms with Crippen LogP contribution in [0, 0.1) is 26.7 Å². The molecular formula is C17H24N4O3. The van der Waals surface area contributed by atoms with Crippen molar-refractivity contribution in [1.29, 1.82) is 0 Å². The molecule has 0 saturated heterocycles. The number of carbonyl (C=O) groups is 2. The summed E-state index contributed by atoms with van der Waals surface area (Å²) in [6.45, 7) is 9.35. The van der Waals surface area contributed by atoms with Crippen LogP contribution in [0.5, 0.6) is 0 Å². The van der Waals surface area contributed by atoms with Crippen molar-refractivity contribution < 1.29 is 14.1 Å². The molecule has 0 aliphatic rings. The van der Waals surface area contributed by atoms with Crippen molar-refractivity contribution >= 4 is 11.8 Å². The van der Waals surface area contributed by atoms with E-state index in [2.05, 4.69) is 10.5 Å². The fourth-order valence-corrected chi connectivity index (χ4v) is 2.75. The molecule has 0 spiro atoms. The van der Waals surface area contributed by atoms with Gasteiger partial charge in [0.1, 0.15) is 11.8 Å². The van der Waals surface area contributed by atoms with E-state index in [0.29, 0.717) is 17.1 Å². The molecule has 3 N–H and O–H groups in total. The number of hydrogen-bond donors (Lipinski definition) is 2. The van der Waals surface area contributed by atoms with E-state index in [1.54, 1.807) is 12.1 Å². The summed E-state index contributed by atoms with van der Waals surface area (Å²) in [6.07, 6.45) is 0.741. The van der Waals surface area contributed by atoms with Gasteiger partial charge in [-0.2, -0.15) is 0 Å². The second-order valence-electron chi connectivity index (χ2n) is 6.16. The van der Waals surface area contributed by atoms with E-state index in [9.17, 15) is 9.59 Å². The van der Waals surface area contributed by atoms with E-state index >= 15 is 0 Å². The second kappa shape index (κ2) is 6.90. The average Bonchev–Trinajstić information content (AvgIpc) is 3.06. The van der Waals surface area contributed by atoms with Gasteiger partial charge in [-0.25, -0.2) is 0 Å². The van der Waals surface area contributed by atoms with Gasteiger partial charge < -0.3 is 15.6 Å². The number of amides is 2. The van der Waals surface area contributed by atoms with Crippen molar-refractivity contribution in [3.8, 4) is 5.82 Å². The normalized spacial score (nSPS) is 13.5. The molecule has 0 aliphatic carbocycles. The summed E-state index contributed by atoms with van der Waals surface area (Å²) in [5.41, 5.74) is 7.49. The third-order valence-corrected chi connectivity index (χ3v) is 4.33. The van der Waals surface area contributed by atoms with Crippen molar-refractivity contribution in [3.05, 3.63) is 34.8 Å². The molecule has 2 heterocycles. The van der Waals surface area contributed by atoms with Gasteiger partial charge in [0.2, 0.25) is 5.91 Å². The third kappa shape index (κ3) is 3.34. The van der Waals surface area contributed by atoms with Crippen LogP contribution in [0.4, 0.5) is 0 Å². The van der Waals surface area contributed by atoms with Crippen LogP contribution in [-0.2, 0) is 4.79 Å². The Morgan fingerprint density at radius 3 is 2.50 bits per heavy atom. The number of rotatable bonds is 6. The SMILES string of the molecule is CCC(C)C(NC(=O)c1cc(C)n(-c2cc(C)on2)c1C)C(N)=O. The van der Waals surface area contributed by atoms with Crippen molar-refractivity contribution in [2.45, 2.75) is 47.1 Å². The number of carbonyl (C=O) groups excluding carboxylic acids is 2. The lowest BCUT2D eigenvalue weighted by Gasteiger charge is -2.21. The minimum absolute atomic E-state index is 0.0341. The van der Waals surface area contributed by atoms with Crippen molar-refractivity contribution in [2.75, 3.05) is 0 Å². The van der Waals surface area contributed by atoms with E-state index in [-0.39, 0.29) is 11.8 Å². The van der Waals surface area contributed by atoms with Gasteiger partial charge in [-0.15, -0.1) is 0 Å². The highest BCUT2D eigenvalue weighted by atomic mass is 16.5. The summed E-state index contributed by atoms with van der Waals surface area (Å²) in [5.74, 6) is 0.425. The maximum Gasteiger partial charge on any atom is 0.253 e. The second-order valence-corrected chi connectivity index (χ2v) is 6.16. The maximum atomic E-state index is 12.6. The Bertz CT molecular complexity index is 760. The number of hydrogen-bond acceptors (Lipinski definition) is 4.